The molecule has 6 rings (SSSR count). The van der Waals surface area contributed by atoms with Crippen LogP contribution in [0.1, 0.15) is 50.7 Å². The smallest absolute Gasteiger partial charge is 0.0963 e. The zero-order chi connectivity index (χ0) is 24.8. The van der Waals surface area contributed by atoms with Crippen LogP contribution in [0.2, 0.25) is 0 Å². The van der Waals surface area contributed by atoms with Crippen molar-refractivity contribution in [3.63, 3.8) is 0 Å². The van der Waals surface area contributed by atoms with E-state index in [1.54, 1.807) is 0 Å². The predicted molar refractivity (Wildman–Crippen MR) is 152 cm³/mol. The van der Waals surface area contributed by atoms with Gasteiger partial charge in [-0.1, -0.05) is 76.2 Å². The van der Waals surface area contributed by atoms with Crippen molar-refractivity contribution < 1.29 is 0 Å². The normalized spacial score (nSPS) is 11.8. The highest BCUT2D eigenvalue weighted by molar-refractivity contribution is 6.06. The van der Waals surface area contributed by atoms with E-state index in [9.17, 15) is 0 Å². The minimum atomic E-state index is 0.356. The minimum Gasteiger partial charge on any atom is -0.316 e. The van der Waals surface area contributed by atoms with Crippen molar-refractivity contribution in [2.45, 2.75) is 39.5 Å². The van der Waals surface area contributed by atoms with E-state index in [4.69, 9.17) is 4.98 Å². The summed E-state index contributed by atoms with van der Waals surface area (Å²) in [5.74, 6) is 0.712. The number of hydrogen-bond acceptors (Lipinski definition) is 1. The summed E-state index contributed by atoms with van der Waals surface area (Å²) in [5, 5.41) is 1.19. The Bertz CT molecular complexity index is 1600. The molecule has 0 radical (unpaired) electrons. The van der Waals surface area contributed by atoms with Crippen LogP contribution < -0.4 is 0 Å². The highest BCUT2D eigenvalue weighted by Gasteiger charge is 2.22. The molecule has 6 aromatic rings. The standard InChI is InChI=1S/C33H31N3/c1-22(2)27-20-25(36-30-15-9-8-14-26(30)32-31(36)16-10-18-34-32)21-28(23(3)4)33(27)35-19-11-17-29(35)24-12-6-5-7-13-24/h5-23H,1-4H3. The van der Waals surface area contributed by atoms with E-state index >= 15 is 0 Å². The number of pyridine rings is 1. The first kappa shape index (κ1) is 22.4. The van der Waals surface area contributed by atoms with Gasteiger partial charge >= 0.3 is 0 Å². The second-order valence-corrected chi connectivity index (χ2v) is 10.1. The molecule has 178 valence electrons. The summed E-state index contributed by atoms with van der Waals surface area (Å²) >= 11 is 0. The Morgan fingerprint density at radius 1 is 0.667 bits per heavy atom. The third kappa shape index (κ3) is 3.54. The molecule has 0 saturated heterocycles. The van der Waals surface area contributed by atoms with Crippen LogP contribution in [0.3, 0.4) is 0 Å². The second-order valence-electron chi connectivity index (χ2n) is 10.1. The van der Waals surface area contributed by atoms with E-state index < -0.39 is 0 Å². The Kier molecular flexibility index (Phi) is 5.49. The van der Waals surface area contributed by atoms with Crippen LogP contribution in [0.25, 0.3) is 44.6 Å². The van der Waals surface area contributed by atoms with Gasteiger partial charge < -0.3 is 9.13 Å². The van der Waals surface area contributed by atoms with Gasteiger partial charge in [-0.2, -0.15) is 0 Å². The Morgan fingerprint density at radius 2 is 1.33 bits per heavy atom. The molecule has 0 saturated carbocycles. The van der Waals surface area contributed by atoms with Crippen molar-refractivity contribution in [2.24, 2.45) is 0 Å². The van der Waals surface area contributed by atoms with Crippen molar-refractivity contribution in [1.82, 2.24) is 14.1 Å². The summed E-state index contributed by atoms with van der Waals surface area (Å²) in [5.41, 5.74) is 11.0. The Labute approximate surface area is 212 Å². The second kappa shape index (κ2) is 8.83. The number of para-hydroxylation sites is 1. The largest absolute Gasteiger partial charge is 0.316 e. The minimum absolute atomic E-state index is 0.356. The van der Waals surface area contributed by atoms with Gasteiger partial charge in [-0.15, -0.1) is 0 Å². The maximum Gasteiger partial charge on any atom is 0.0963 e. The van der Waals surface area contributed by atoms with E-state index in [-0.39, 0.29) is 0 Å². The molecular formula is C33H31N3. The van der Waals surface area contributed by atoms with Crippen molar-refractivity contribution >= 4 is 21.9 Å². The molecule has 0 atom stereocenters. The van der Waals surface area contributed by atoms with E-state index in [0.29, 0.717) is 11.8 Å². The molecule has 0 aliphatic rings. The number of hydrogen-bond donors (Lipinski definition) is 0. The van der Waals surface area contributed by atoms with E-state index in [1.165, 1.54) is 44.7 Å². The molecule has 3 nitrogen and oxygen atoms in total. The van der Waals surface area contributed by atoms with Crippen LogP contribution in [-0.4, -0.2) is 14.1 Å². The lowest BCUT2D eigenvalue weighted by molar-refractivity contribution is 0.805. The van der Waals surface area contributed by atoms with Gasteiger partial charge in [0.25, 0.3) is 0 Å². The lowest BCUT2D eigenvalue weighted by Gasteiger charge is -2.25. The summed E-state index contributed by atoms with van der Waals surface area (Å²) < 4.78 is 4.77. The molecule has 3 heterocycles. The van der Waals surface area contributed by atoms with Crippen LogP contribution in [0, 0.1) is 0 Å². The van der Waals surface area contributed by atoms with Gasteiger partial charge in [0, 0.05) is 23.5 Å². The molecule has 3 aromatic carbocycles. The number of benzene rings is 3. The third-order valence-electron chi connectivity index (χ3n) is 7.14. The molecule has 0 fully saturated rings. The molecule has 36 heavy (non-hydrogen) atoms. The molecule has 0 spiro atoms. The zero-order valence-corrected chi connectivity index (χ0v) is 21.3. The molecule has 3 heteroatoms. The average Bonchev–Trinajstić information content (AvgIpc) is 3.51. The Morgan fingerprint density at radius 3 is 2.06 bits per heavy atom. The van der Waals surface area contributed by atoms with Gasteiger partial charge in [0.15, 0.2) is 0 Å². The Hall–Kier alpha value is -4.11. The molecule has 0 bridgehead atoms. The molecule has 0 N–H and O–H groups in total. The molecule has 3 aromatic heterocycles. The van der Waals surface area contributed by atoms with Gasteiger partial charge in [0.05, 0.1) is 27.9 Å². The summed E-state index contributed by atoms with van der Waals surface area (Å²) in [6, 6.07) is 32.6. The van der Waals surface area contributed by atoms with Crippen LogP contribution in [0.5, 0.6) is 0 Å². The fraction of sp³-hybridized carbons (Fsp3) is 0.182. The van der Waals surface area contributed by atoms with Crippen LogP contribution in [-0.2, 0) is 0 Å². The summed E-state index contributed by atoms with van der Waals surface area (Å²) in [6.45, 7) is 9.19. The average molecular weight is 470 g/mol. The fourth-order valence-corrected chi connectivity index (χ4v) is 5.43. The first-order valence-corrected chi connectivity index (χ1v) is 12.8. The molecule has 0 aliphatic carbocycles. The molecular weight excluding hydrogens is 438 g/mol. The van der Waals surface area contributed by atoms with Crippen LogP contribution in [0.4, 0.5) is 0 Å². The van der Waals surface area contributed by atoms with Crippen molar-refractivity contribution in [3.8, 4) is 22.6 Å². The number of nitrogens with zero attached hydrogens (tertiary/aromatic N) is 3. The quantitative estimate of drug-likeness (QED) is 0.247. The van der Waals surface area contributed by atoms with Crippen molar-refractivity contribution in [2.75, 3.05) is 0 Å². The van der Waals surface area contributed by atoms with E-state index in [1.807, 2.05) is 12.3 Å². The molecule has 0 amide bonds. The number of fused-ring (bicyclic) bond motifs is 3. The van der Waals surface area contributed by atoms with Gasteiger partial charge in [-0.05, 0) is 71.0 Å². The zero-order valence-electron chi connectivity index (χ0n) is 21.3. The highest BCUT2D eigenvalue weighted by atomic mass is 15.0. The van der Waals surface area contributed by atoms with Gasteiger partial charge in [0.1, 0.15) is 0 Å². The predicted octanol–water partition coefficient (Wildman–Crippen LogP) is 8.88. The maximum absolute atomic E-state index is 4.75. The van der Waals surface area contributed by atoms with Gasteiger partial charge in [0.2, 0.25) is 0 Å². The first-order chi connectivity index (χ1) is 17.5. The van der Waals surface area contributed by atoms with Gasteiger partial charge in [-0.3, -0.25) is 4.98 Å². The van der Waals surface area contributed by atoms with Crippen LogP contribution in [0.15, 0.2) is 103 Å². The van der Waals surface area contributed by atoms with Gasteiger partial charge in [-0.25, -0.2) is 0 Å². The lowest BCUT2D eigenvalue weighted by atomic mass is 9.91. The summed E-state index contributed by atoms with van der Waals surface area (Å²) in [6.07, 6.45) is 4.10. The number of aromatic nitrogens is 3. The van der Waals surface area contributed by atoms with Crippen molar-refractivity contribution in [3.05, 3.63) is 115 Å². The number of rotatable bonds is 5. The monoisotopic (exact) mass is 469 g/mol. The maximum atomic E-state index is 4.75. The highest BCUT2D eigenvalue weighted by Crippen LogP contribution is 2.39. The topological polar surface area (TPSA) is 22.8 Å². The third-order valence-corrected chi connectivity index (χ3v) is 7.14. The first-order valence-electron chi connectivity index (χ1n) is 12.8. The lowest BCUT2D eigenvalue weighted by Crippen LogP contribution is -2.10. The van der Waals surface area contributed by atoms with E-state index in [0.717, 1.165) is 11.0 Å². The molecule has 0 aliphatic heterocycles. The van der Waals surface area contributed by atoms with Crippen molar-refractivity contribution in [1.29, 1.82) is 0 Å². The Balaban J connectivity index is 1.67. The SMILES string of the molecule is CC(C)c1cc(-n2c3ccccc3c3ncccc32)cc(C(C)C)c1-n1cccc1-c1ccccc1. The fourth-order valence-electron chi connectivity index (χ4n) is 5.43. The summed E-state index contributed by atoms with van der Waals surface area (Å²) in [7, 11) is 0. The summed E-state index contributed by atoms with van der Waals surface area (Å²) in [4.78, 5) is 4.75. The molecule has 0 unspecified atom stereocenters. The van der Waals surface area contributed by atoms with E-state index in [2.05, 4.69) is 128 Å². The van der Waals surface area contributed by atoms with Crippen LogP contribution >= 0.6 is 0 Å².